The van der Waals surface area contributed by atoms with Crippen LogP contribution in [0.15, 0.2) is 6.33 Å². The van der Waals surface area contributed by atoms with Gasteiger partial charge in [-0.15, -0.1) is 0 Å². The van der Waals surface area contributed by atoms with Crippen molar-refractivity contribution in [3.63, 3.8) is 0 Å². The second-order valence-corrected chi connectivity index (χ2v) is 5.81. The van der Waals surface area contributed by atoms with Crippen molar-refractivity contribution < 1.29 is 19.8 Å². The second kappa shape index (κ2) is 6.95. The first-order valence-corrected chi connectivity index (χ1v) is 7.89. The van der Waals surface area contributed by atoms with Gasteiger partial charge in [0, 0.05) is 6.42 Å². The molecule has 10 heteroatoms. The maximum absolute atomic E-state index is 10.4. The van der Waals surface area contributed by atoms with Crippen molar-refractivity contribution in [2.45, 2.75) is 50.7 Å². The van der Waals surface area contributed by atoms with E-state index in [-0.39, 0.29) is 12.4 Å². The van der Waals surface area contributed by atoms with Gasteiger partial charge in [0.25, 0.3) is 0 Å². The summed E-state index contributed by atoms with van der Waals surface area (Å²) in [6.45, 7) is 2.03. The predicted octanol–water partition coefficient (Wildman–Crippen LogP) is -0.739. The van der Waals surface area contributed by atoms with Crippen molar-refractivity contribution in [1.29, 1.82) is 0 Å². The number of hydrogen-bond acceptors (Lipinski definition) is 9. The molecule has 0 aromatic carbocycles. The van der Waals surface area contributed by atoms with Crippen LogP contribution in [0, 0.1) is 0 Å². The number of ether oxygens (including phenoxy) is 1. The number of aryl methyl sites for hydroxylation is 1. The van der Waals surface area contributed by atoms with Crippen molar-refractivity contribution in [3.8, 4) is 0 Å². The summed E-state index contributed by atoms with van der Waals surface area (Å²) in [6, 6.07) is 0. The van der Waals surface area contributed by atoms with Crippen molar-refractivity contribution in [3.05, 3.63) is 12.2 Å². The molecule has 10 nitrogen and oxygen atoms in total. The molecular weight excluding hydrogens is 316 g/mol. The van der Waals surface area contributed by atoms with Crippen molar-refractivity contribution in [2.75, 3.05) is 12.3 Å². The Kier molecular flexibility index (Phi) is 4.92. The Morgan fingerprint density at radius 1 is 1.33 bits per heavy atom. The number of imidazole rings is 1. The van der Waals surface area contributed by atoms with Gasteiger partial charge in [-0.1, -0.05) is 13.3 Å². The van der Waals surface area contributed by atoms with Crippen LogP contribution in [0.4, 0.5) is 5.82 Å². The van der Waals surface area contributed by atoms with E-state index in [0.29, 0.717) is 23.4 Å². The SMILES string of the molecule is CCCCc1nc2c(N)ncnc2n1[C@@H]1O[C@H](CON)[C@@H](O)[C@H]1O. The molecule has 0 bridgehead atoms. The largest absolute Gasteiger partial charge is 0.387 e. The smallest absolute Gasteiger partial charge is 0.167 e. The zero-order valence-electron chi connectivity index (χ0n) is 13.4. The summed E-state index contributed by atoms with van der Waals surface area (Å²) in [7, 11) is 0. The van der Waals surface area contributed by atoms with E-state index in [4.69, 9.17) is 16.4 Å². The van der Waals surface area contributed by atoms with Crippen LogP contribution in [0.3, 0.4) is 0 Å². The van der Waals surface area contributed by atoms with E-state index in [1.165, 1.54) is 6.33 Å². The molecule has 0 saturated carbocycles. The van der Waals surface area contributed by atoms with Crippen LogP contribution in [0.25, 0.3) is 11.2 Å². The minimum Gasteiger partial charge on any atom is -0.387 e. The minimum atomic E-state index is -1.17. The van der Waals surface area contributed by atoms with E-state index in [1.807, 2.05) is 0 Å². The number of hydrogen-bond donors (Lipinski definition) is 4. The van der Waals surface area contributed by atoms with Crippen LogP contribution < -0.4 is 11.6 Å². The Bertz CT molecular complexity index is 708. The first-order chi connectivity index (χ1) is 11.6. The molecule has 1 aliphatic rings. The molecule has 132 valence electrons. The summed E-state index contributed by atoms with van der Waals surface area (Å²) in [4.78, 5) is 17.2. The van der Waals surface area contributed by atoms with Gasteiger partial charge >= 0.3 is 0 Å². The number of unbranched alkanes of at least 4 members (excludes halogenated alkanes) is 1. The molecule has 1 fully saturated rings. The third-order valence-corrected chi connectivity index (χ3v) is 4.18. The Labute approximate surface area is 138 Å². The summed E-state index contributed by atoms with van der Waals surface area (Å²) in [5, 5.41) is 20.6. The molecule has 0 radical (unpaired) electrons. The zero-order valence-corrected chi connectivity index (χ0v) is 13.4. The average molecular weight is 338 g/mol. The van der Waals surface area contributed by atoms with Crippen molar-refractivity contribution >= 4 is 17.0 Å². The Hall–Kier alpha value is -1.85. The normalized spacial score (nSPS) is 27.2. The highest BCUT2D eigenvalue weighted by molar-refractivity contribution is 5.81. The minimum absolute atomic E-state index is 0.0389. The van der Waals surface area contributed by atoms with E-state index >= 15 is 0 Å². The molecule has 0 unspecified atom stereocenters. The molecule has 3 rings (SSSR count). The topological polar surface area (TPSA) is 155 Å². The Balaban J connectivity index is 2.05. The molecule has 24 heavy (non-hydrogen) atoms. The van der Waals surface area contributed by atoms with Crippen LogP contribution >= 0.6 is 0 Å². The standard InChI is InChI=1S/C14H22N6O4/c1-2-3-4-8-19-9-12(15)17-6-18-13(9)20(8)14-11(22)10(21)7(24-14)5-23-16/h6-7,10-11,14,21-22H,2-5,16H2,1H3,(H2,15,17,18)/t7-,10-,11-,14-/m1/s1. The fraction of sp³-hybridized carbons (Fsp3) is 0.643. The third-order valence-electron chi connectivity index (χ3n) is 4.18. The lowest BCUT2D eigenvalue weighted by molar-refractivity contribution is -0.0668. The number of anilines is 1. The molecule has 1 aliphatic heterocycles. The number of aliphatic hydroxyl groups excluding tert-OH is 2. The third kappa shape index (κ3) is 2.82. The first kappa shape index (κ1) is 17.0. The highest BCUT2D eigenvalue weighted by Gasteiger charge is 2.45. The van der Waals surface area contributed by atoms with E-state index in [0.717, 1.165) is 12.8 Å². The van der Waals surface area contributed by atoms with Gasteiger partial charge < -0.3 is 25.5 Å². The highest BCUT2D eigenvalue weighted by Crippen LogP contribution is 2.34. The fourth-order valence-electron chi connectivity index (χ4n) is 2.92. The maximum atomic E-state index is 10.4. The lowest BCUT2D eigenvalue weighted by Crippen LogP contribution is -2.34. The number of fused-ring (bicyclic) bond motifs is 1. The van der Waals surface area contributed by atoms with E-state index < -0.39 is 24.5 Å². The van der Waals surface area contributed by atoms with Crippen LogP contribution in [0.2, 0.25) is 0 Å². The van der Waals surface area contributed by atoms with Crippen molar-refractivity contribution in [1.82, 2.24) is 19.5 Å². The summed E-state index contributed by atoms with van der Waals surface area (Å²) in [6.07, 6.45) is -0.0300. The van der Waals surface area contributed by atoms with Gasteiger partial charge in [0.15, 0.2) is 23.2 Å². The average Bonchev–Trinajstić information content (AvgIpc) is 3.07. The van der Waals surface area contributed by atoms with Gasteiger partial charge in [-0.25, -0.2) is 20.8 Å². The number of nitrogen functional groups attached to an aromatic ring is 1. The molecule has 0 amide bonds. The maximum Gasteiger partial charge on any atom is 0.167 e. The van der Waals surface area contributed by atoms with Gasteiger partial charge in [-0.05, 0) is 6.42 Å². The second-order valence-electron chi connectivity index (χ2n) is 5.81. The lowest BCUT2D eigenvalue weighted by Gasteiger charge is -2.19. The molecule has 0 spiro atoms. The summed E-state index contributed by atoms with van der Waals surface area (Å²) in [5.41, 5.74) is 6.80. The Morgan fingerprint density at radius 3 is 2.83 bits per heavy atom. The summed E-state index contributed by atoms with van der Waals surface area (Å²) < 4.78 is 7.43. The molecular formula is C14H22N6O4. The number of nitrogens with two attached hydrogens (primary N) is 2. The van der Waals surface area contributed by atoms with E-state index in [2.05, 4.69) is 26.7 Å². The van der Waals surface area contributed by atoms with Gasteiger partial charge in [-0.3, -0.25) is 4.57 Å². The molecule has 1 saturated heterocycles. The lowest BCUT2D eigenvalue weighted by atomic mass is 10.1. The van der Waals surface area contributed by atoms with E-state index in [1.54, 1.807) is 4.57 Å². The number of aliphatic hydroxyl groups is 2. The summed E-state index contributed by atoms with van der Waals surface area (Å²) >= 11 is 0. The quantitative estimate of drug-likeness (QED) is 0.498. The molecule has 0 aliphatic carbocycles. The highest BCUT2D eigenvalue weighted by atomic mass is 16.6. The summed E-state index contributed by atoms with van der Waals surface area (Å²) in [5.74, 6) is 5.98. The molecule has 2 aromatic rings. The van der Waals surface area contributed by atoms with Gasteiger partial charge in [0.1, 0.15) is 30.5 Å². The van der Waals surface area contributed by atoms with Crippen LogP contribution in [-0.4, -0.2) is 54.7 Å². The van der Waals surface area contributed by atoms with E-state index in [9.17, 15) is 10.2 Å². The Morgan fingerprint density at radius 2 is 2.12 bits per heavy atom. The molecule has 2 aromatic heterocycles. The van der Waals surface area contributed by atoms with Crippen LogP contribution in [0.5, 0.6) is 0 Å². The van der Waals surface area contributed by atoms with Crippen LogP contribution in [0.1, 0.15) is 31.8 Å². The molecule has 6 N–H and O–H groups in total. The number of aromatic nitrogens is 4. The fourth-order valence-corrected chi connectivity index (χ4v) is 2.92. The van der Waals surface area contributed by atoms with Crippen molar-refractivity contribution in [2.24, 2.45) is 5.90 Å². The van der Waals surface area contributed by atoms with Gasteiger partial charge in [-0.2, -0.15) is 0 Å². The molecule has 3 heterocycles. The van der Waals surface area contributed by atoms with Gasteiger partial charge in [0.05, 0.1) is 6.61 Å². The number of rotatable bonds is 6. The predicted molar refractivity (Wildman–Crippen MR) is 84.4 cm³/mol. The van der Waals surface area contributed by atoms with Gasteiger partial charge in [0.2, 0.25) is 0 Å². The first-order valence-electron chi connectivity index (χ1n) is 7.89. The monoisotopic (exact) mass is 338 g/mol. The van der Waals surface area contributed by atoms with Crippen LogP contribution in [-0.2, 0) is 16.0 Å². The number of nitrogens with zero attached hydrogens (tertiary/aromatic N) is 4. The zero-order chi connectivity index (χ0) is 17.3. The molecule has 4 atom stereocenters.